The van der Waals surface area contributed by atoms with E-state index in [0.717, 1.165) is 27.8 Å². The standard InChI is InChI=1S/C11H14Br2N2OS/c1-15-6-7(2-3-10(15)16)14-5-8-4-9(12)11(13)17-8/h4,7,14H,2-3,5-6H2,1H3. The molecule has 1 N–H and O–H groups in total. The van der Waals surface area contributed by atoms with Crippen LogP contribution in [0.5, 0.6) is 0 Å². The first-order valence-electron chi connectivity index (χ1n) is 5.47. The van der Waals surface area contributed by atoms with Gasteiger partial charge < -0.3 is 10.2 Å². The Bertz CT molecular complexity index is 402. The molecule has 94 valence electrons. The fraction of sp³-hybridized carbons (Fsp3) is 0.545. The van der Waals surface area contributed by atoms with Gasteiger partial charge in [-0.15, -0.1) is 11.3 Å². The van der Waals surface area contributed by atoms with Crippen molar-refractivity contribution in [1.29, 1.82) is 0 Å². The van der Waals surface area contributed by atoms with E-state index in [1.807, 2.05) is 7.05 Å². The third-order valence-electron chi connectivity index (χ3n) is 2.89. The molecule has 0 spiro atoms. The number of nitrogens with zero attached hydrogens (tertiary/aromatic N) is 1. The summed E-state index contributed by atoms with van der Waals surface area (Å²) in [6, 6.07) is 2.54. The van der Waals surface area contributed by atoms with Crippen molar-refractivity contribution in [2.45, 2.75) is 25.4 Å². The molecule has 2 rings (SSSR count). The molecule has 0 aliphatic carbocycles. The third kappa shape index (κ3) is 3.53. The minimum absolute atomic E-state index is 0.254. The number of hydrogen-bond donors (Lipinski definition) is 1. The molecular weight excluding hydrogens is 368 g/mol. The van der Waals surface area contributed by atoms with E-state index in [0.29, 0.717) is 12.5 Å². The Kier molecular flexibility index (Phi) is 4.63. The average Bonchev–Trinajstić information content (AvgIpc) is 2.60. The van der Waals surface area contributed by atoms with Crippen LogP contribution in [0.1, 0.15) is 17.7 Å². The number of rotatable bonds is 3. The monoisotopic (exact) mass is 380 g/mol. The zero-order valence-electron chi connectivity index (χ0n) is 9.50. The third-order valence-corrected chi connectivity index (χ3v) is 6.14. The number of piperidine rings is 1. The second kappa shape index (κ2) is 5.82. The summed E-state index contributed by atoms with van der Waals surface area (Å²) >= 11 is 8.70. The summed E-state index contributed by atoms with van der Waals surface area (Å²) in [5.74, 6) is 0.254. The van der Waals surface area contributed by atoms with E-state index in [4.69, 9.17) is 0 Å². The molecule has 1 amide bonds. The van der Waals surface area contributed by atoms with Crippen molar-refractivity contribution in [3.63, 3.8) is 0 Å². The van der Waals surface area contributed by atoms with Crippen LogP contribution in [0.4, 0.5) is 0 Å². The van der Waals surface area contributed by atoms with E-state index >= 15 is 0 Å². The van der Waals surface area contributed by atoms with Gasteiger partial charge in [0.25, 0.3) is 0 Å². The number of hydrogen-bond acceptors (Lipinski definition) is 3. The lowest BCUT2D eigenvalue weighted by Gasteiger charge is -2.30. The molecule has 17 heavy (non-hydrogen) atoms. The van der Waals surface area contributed by atoms with Gasteiger partial charge in [-0.25, -0.2) is 0 Å². The number of amides is 1. The first-order valence-corrected chi connectivity index (χ1v) is 7.87. The Morgan fingerprint density at radius 1 is 1.59 bits per heavy atom. The molecule has 2 heterocycles. The zero-order chi connectivity index (χ0) is 12.4. The molecule has 1 aromatic heterocycles. The molecule has 0 saturated carbocycles. The van der Waals surface area contributed by atoms with Crippen LogP contribution in [-0.2, 0) is 11.3 Å². The Balaban J connectivity index is 1.84. The van der Waals surface area contributed by atoms with E-state index in [-0.39, 0.29) is 5.91 Å². The van der Waals surface area contributed by atoms with Gasteiger partial charge in [-0.1, -0.05) is 0 Å². The minimum atomic E-state index is 0.254. The number of nitrogens with one attached hydrogen (secondary N) is 1. The number of likely N-dealkylation sites (N-methyl/N-ethyl adjacent to an activating group) is 1. The summed E-state index contributed by atoms with van der Waals surface area (Å²) in [6.07, 6.45) is 1.60. The van der Waals surface area contributed by atoms with E-state index in [2.05, 4.69) is 43.2 Å². The molecule has 0 radical (unpaired) electrons. The number of thiophene rings is 1. The predicted molar refractivity (Wildman–Crippen MR) is 77.2 cm³/mol. The van der Waals surface area contributed by atoms with Crippen molar-refractivity contribution in [2.75, 3.05) is 13.6 Å². The molecule has 6 heteroatoms. The zero-order valence-corrected chi connectivity index (χ0v) is 13.5. The van der Waals surface area contributed by atoms with Crippen LogP contribution >= 0.6 is 43.2 Å². The van der Waals surface area contributed by atoms with Gasteiger partial charge in [0, 0.05) is 41.9 Å². The average molecular weight is 382 g/mol. The van der Waals surface area contributed by atoms with Crippen molar-refractivity contribution in [1.82, 2.24) is 10.2 Å². The van der Waals surface area contributed by atoms with Gasteiger partial charge in [-0.05, 0) is 44.3 Å². The Labute approximate surface area is 122 Å². The first-order chi connectivity index (χ1) is 8.06. The van der Waals surface area contributed by atoms with Gasteiger partial charge in [-0.2, -0.15) is 0 Å². The van der Waals surface area contributed by atoms with Gasteiger partial charge in [-0.3, -0.25) is 4.79 Å². The molecule has 3 nitrogen and oxygen atoms in total. The SMILES string of the molecule is CN1CC(NCc2cc(Br)c(Br)s2)CCC1=O. The first kappa shape index (κ1) is 13.5. The van der Waals surface area contributed by atoms with Gasteiger partial charge in [0.15, 0.2) is 0 Å². The van der Waals surface area contributed by atoms with Crippen molar-refractivity contribution >= 4 is 49.1 Å². The summed E-state index contributed by atoms with van der Waals surface area (Å²) in [5.41, 5.74) is 0. The lowest BCUT2D eigenvalue weighted by molar-refractivity contribution is -0.132. The highest BCUT2D eigenvalue weighted by Crippen LogP contribution is 2.32. The van der Waals surface area contributed by atoms with E-state index < -0.39 is 0 Å². The Hall–Kier alpha value is 0.0900. The molecule has 1 atom stereocenters. The van der Waals surface area contributed by atoms with Crippen LogP contribution in [-0.4, -0.2) is 30.4 Å². The largest absolute Gasteiger partial charge is 0.344 e. The van der Waals surface area contributed by atoms with E-state index in [9.17, 15) is 4.79 Å². The van der Waals surface area contributed by atoms with Gasteiger partial charge >= 0.3 is 0 Å². The van der Waals surface area contributed by atoms with Crippen LogP contribution in [0.15, 0.2) is 14.3 Å². The van der Waals surface area contributed by atoms with Crippen molar-refractivity contribution in [2.24, 2.45) is 0 Å². The number of likely N-dealkylation sites (tertiary alicyclic amines) is 1. The summed E-state index contributed by atoms with van der Waals surface area (Å²) in [5, 5.41) is 3.50. The number of carbonyl (C=O) groups excluding carboxylic acids is 1. The van der Waals surface area contributed by atoms with Gasteiger partial charge in [0.05, 0.1) is 3.79 Å². The quantitative estimate of drug-likeness (QED) is 0.872. The highest BCUT2D eigenvalue weighted by atomic mass is 79.9. The Morgan fingerprint density at radius 2 is 2.35 bits per heavy atom. The molecule has 0 aromatic carbocycles. The molecular formula is C11H14Br2N2OS. The lowest BCUT2D eigenvalue weighted by atomic mass is 10.1. The lowest BCUT2D eigenvalue weighted by Crippen LogP contribution is -2.46. The maximum absolute atomic E-state index is 11.3. The van der Waals surface area contributed by atoms with E-state index in [1.54, 1.807) is 16.2 Å². The normalized spacial score (nSPS) is 21.0. The highest BCUT2D eigenvalue weighted by Gasteiger charge is 2.22. The predicted octanol–water partition coefficient (Wildman–Crippen LogP) is 2.98. The highest BCUT2D eigenvalue weighted by molar-refractivity contribution is 9.13. The summed E-state index contributed by atoms with van der Waals surface area (Å²) < 4.78 is 2.24. The maximum Gasteiger partial charge on any atom is 0.222 e. The van der Waals surface area contributed by atoms with Crippen LogP contribution in [0.3, 0.4) is 0 Å². The summed E-state index contributed by atoms with van der Waals surface area (Å²) in [4.78, 5) is 14.5. The van der Waals surface area contributed by atoms with Crippen LogP contribution in [0.25, 0.3) is 0 Å². The maximum atomic E-state index is 11.3. The molecule has 1 aliphatic heterocycles. The smallest absolute Gasteiger partial charge is 0.222 e. The molecule has 1 fully saturated rings. The molecule has 0 bridgehead atoms. The van der Waals surface area contributed by atoms with Gasteiger partial charge in [0.2, 0.25) is 5.91 Å². The van der Waals surface area contributed by atoms with Gasteiger partial charge in [0.1, 0.15) is 0 Å². The van der Waals surface area contributed by atoms with Crippen LogP contribution in [0.2, 0.25) is 0 Å². The van der Waals surface area contributed by atoms with Crippen LogP contribution in [0, 0.1) is 0 Å². The molecule has 1 aromatic rings. The van der Waals surface area contributed by atoms with E-state index in [1.165, 1.54) is 4.88 Å². The fourth-order valence-corrected chi connectivity index (χ4v) is 4.03. The second-order valence-electron chi connectivity index (χ2n) is 4.23. The molecule has 1 saturated heterocycles. The van der Waals surface area contributed by atoms with Crippen LogP contribution < -0.4 is 5.32 Å². The van der Waals surface area contributed by atoms with Crippen molar-refractivity contribution in [3.8, 4) is 0 Å². The fourth-order valence-electron chi connectivity index (χ4n) is 1.90. The summed E-state index contributed by atoms with van der Waals surface area (Å²) in [6.45, 7) is 1.67. The summed E-state index contributed by atoms with van der Waals surface area (Å²) in [7, 11) is 1.87. The number of halogens is 2. The Morgan fingerprint density at radius 3 is 2.94 bits per heavy atom. The number of carbonyl (C=O) groups is 1. The molecule has 1 unspecified atom stereocenters. The minimum Gasteiger partial charge on any atom is -0.344 e. The van der Waals surface area contributed by atoms with Crippen molar-refractivity contribution in [3.05, 3.63) is 19.2 Å². The molecule has 1 aliphatic rings. The second-order valence-corrected chi connectivity index (χ2v) is 7.53. The van der Waals surface area contributed by atoms with Crippen molar-refractivity contribution < 1.29 is 4.79 Å². The topological polar surface area (TPSA) is 32.3 Å².